The molecule has 4 fully saturated rings. The minimum absolute atomic E-state index is 0.0507. The SMILES string of the molecule is N#CC1CCC2C(=O)OC(C3CCC(N4CCNC4)NN3)NC2C1. The molecule has 4 aliphatic rings. The largest absolute Gasteiger partial charge is 0.445 e. The zero-order valence-corrected chi connectivity index (χ0v) is 13.8. The van der Waals surface area contributed by atoms with Crippen LogP contribution in [0.25, 0.3) is 0 Å². The Bertz CT molecular complexity index is 509. The van der Waals surface area contributed by atoms with Gasteiger partial charge in [0, 0.05) is 31.7 Å². The summed E-state index contributed by atoms with van der Waals surface area (Å²) in [5.41, 5.74) is 6.70. The van der Waals surface area contributed by atoms with E-state index in [1.807, 2.05) is 0 Å². The van der Waals surface area contributed by atoms with Gasteiger partial charge in [0.25, 0.3) is 0 Å². The molecule has 8 heteroatoms. The van der Waals surface area contributed by atoms with E-state index in [1.54, 1.807) is 0 Å². The number of nitriles is 1. The number of hydrogen-bond acceptors (Lipinski definition) is 8. The van der Waals surface area contributed by atoms with Crippen molar-refractivity contribution >= 4 is 5.97 Å². The maximum atomic E-state index is 12.3. The fourth-order valence-electron chi connectivity index (χ4n) is 4.39. The molecule has 132 valence electrons. The summed E-state index contributed by atoms with van der Waals surface area (Å²) in [6, 6.07) is 2.48. The number of esters is 1. The zero-order chi connectivity index (χ0) is 16.5. The van der Waals surface area contributed by atoms with E-state index in [9.17, 15) is 4.79 Å². The molecule has 6 unspecified atom stereocenters. The van der Waals surface area contributed by atoms with Gasteiger partial charge in [-0.05, 0) is 32.1 Å². The normalized spacial score (nSPS) is 43.7. The van der Waals surface area contributed by atoms with Crippen LogP contribution < -0.4 is 21.5 Å². The summed E-state index contributed by atoms with van der Waals surface area (Å²) in [4.78, 5) is 14.7. The predicted molar refractivity (Wildman–Crippen MR) is 85.9 cm³/mol. The minimum atomic E-state index is -0.318. The third-order valence-corrected chi connectivity index (χ3v) is 5.84. The van der Waals surface area contributed by atoms with Gasteiger partial charge in [0.15, 0.2) is 6.23 Å². The Morgan fingerprint density at radius 1 is 1.17 bits per heavy atom. The first-order valence-corrected chi connectivity index (χ1v) is 9.06. The van der Waals surface area contributed by atoms with E-state index in [0.717, 1.165) is 51.9 Å². The van der Waals surface area contributed by atoms with Crippen LogP contribution >= 0.6 is 0 Å². The fraction of sp³-hybridized carbons (Fsp3) is 0.875. The van der Waals surface area contributed by atoms with Crippen LogP contribution in [0.2, 0.25) is 0 Å². The molecule has 8 nitrogen and oxygen atoms in total. The Morgan fingerprint density at radius 3 is 2.79 bits per heavy atom. The molecule has 4 N–H and O–H groups in total. The highest BCUT2D eigenvalue weighted by atomic mass is 16.6. The van der Waals surface area contributed by atoms with Gasteiger partial charge in [-0.1, -0.05) is 0 Å². The summed E-state index contributed by atoms with van der Waals surface area (Å²) in [6.45, 7) is 3.01. The lowest BCUT2D eigenvalue weighted by Gasteiger charge is -2.45. The Labute approximate surface area is 142 Å². The van der Waals surface area contributed by atoms with Crippen molar-refractivity contribution in [2.45, 2.75) is 56.6 Å². The average Bonchev–Trinajstić information content (AvgIpc) is 3.16. The molecule has 24 heavy (non-hydrogen) atoms. The summed E-state index contributed by atoms with van der Waals surface area (Å²) in [7, 11) is 0. The van der Waals surface area contributed by atoms with Crippen LogP contribution in [-0.2, 0) is 9.53 Å². The van der Waals surface area contributed by atoms with E-state index in [2.05, 4.69) is 32.5 Å². The predicted octanol–water partition coefficient (Wildman–Crippen LogP) is -0.787. The second-order valence-corrected chi connectivity index (χ2v) is 7.34. The maximum Gasteiger partial charge on any atom is 0.312 e. The van der Waals surface area contributed by atoms with E-state index in [4.69, 9.17) is 10.00 Å². The molecule has 0 aromatic carbocycles. The van der Waals surface area contributed by atoms with Crippen molar-refractivity contribution in [1.29, 1.82) is 5.26 Å². The lowest BCUT2D eigenvalue weighted by atomic mass is 9.78. The molecule has 0 aromatic heterocycles. The van der Waals surface area contributed by atoms with Crippen molar-refractivity contribution in [3.8, 4) is 6.07 Å². The Morgan fingerprint density at radius 2 is 2.08 bits per heavy atom. The van der Waals surface area contributed by atoms with Crippen LogP contribution in [-0.4, -0.2) is 55.1 Å². The first kappa shape index (κ1) is 16.2. The van der Waals surface area contributed by atoms with E-state index in [1.165, 1.54) is 0 Å². The summed E-state index contributed by atoms with van der Waals surface area (Å²) >= 11 is 0. The van der Waals surface area contributed by atoms with E-state index >= 15 is 0 Å². The molecule has 6 atom stereocenters. The fourth-order valence-corrected chi connectivity index (χ4v) is 4.39. The molecule has 0 radical (unpaired) electrons. The first-order chi connectivity index (χ1) is 11.7. The van der Waals surface area contributed by atoms with Gasteiger partial charge in [0.05, 0.1) is 24.2 Å². The highest BCUT2D eigenvalue weighted by Gasteiger charge is 2.44. The van der Waals surface area contributed by atoms with Gasteiger partial charge in [-0.3, -0.25) is 15.0 Å². The first-order valence-electron chi connectivity index (χ1n) is 9.06. The average molecular weight is 334 g/mol. The number of hydrogen-bond donors (Lipinski definition) is 4. The molecule has 0 spiro atoms. The van der Waals surface area contributed by atoms with Crippen molar-refractivity contribution in [2.75, 3.05) is 19.8 Å². The van der Waals surface area contributed by atoms with Crippen molar-refractivity contribution in [3.05, 3.63) is 0 Å². The molecule has 4 rings (SSSR count). The van der Waals surface area contributed by atoms with Crippen LogP contribution in [0, 0.1) is 23.2 Å². The van der Waals surface area contributed by atoms with Gasteiger partial charge in [0.2, 0.25) is 0 Å². The molecular formula is C16H26N6O2. The van der Waals surface area contributed by atoms with Crippen LogP contribution in [0.15, 0.2) is 0 Å². The molecule has 0 amide bonds. The summed E-state index contributed by atoms with van der Waals surface area (Å²) in [5.74, 6) is -0.145. The highest BCUT2D eigenvalue weighted by molar-refractivity contribution is 5.74. The second kappa shape index (κ2) is 6.94. The van der Waals surface area contributed by atoms with Crippen LogP contribution in [0.1, 0.15) is 32.1 Å². The number of nitrogens with one attached hydrogen (secondary N) is 4. The molecule has 1 aliphatic carbocycles. The quantitative estimate of drug-likeness (QED) is 0.488. The Kier molecular flexibility index (Phi) is 4.70. The topological polar surface area (TPSA) is 101 Å². The van der Waals surface area contributed by atoms with Crippen molar-refractivity contribution < 1.29 is 9.53 Å². The van der Waals surface area contributed by atoms with E-state index in [0.29, 0.717) is 6.17 Å². The number of carbonyl (C=O) groups is 1. The number of cyclic esters (lactones) is 1. The standard InChI is InChI=1S/C16H26N6O2/c17-8-10-1-2-11-13(7-10)19-15(24-16(11)23)12-3-4-14(21-20-12)22-6-5-18-9-22/h10-15,18-21H,1-7,9H2. The van der Waals surface area contributed by atoms with Gasteiger partial charge in [-0.15, -0.1) is 0 Å². The smallest absolute Gasteiger partial charge is 0.312 e. The van der Waals surface area contributed by atoms with Crippen LogP contribution in [0.4, 0.5) is 0 Å². The summed E-state index contributed by atoms with van der Waals surface area (Å²) in [6.07, 6.45) is 4.26. The van der Waals surface area contributed by atoms with Gasteiger partial charge in [-0.2, -0.15) is 5.26 Å². The van der Waals surface area contributed by atoms with Crippen molar-refractivity contribution in [1.82, 2.24) is 26.4 Å². The van der Waals surface area contributed by atoms with Crippen molar-refractivity contribution in [2.24, 2.45) is 11.8 Å². The van der Waals surface area contributed by atoms with Crippen molar-refractivity contribution in [3.63, 3.8) is 0 Å². The monoisotopic (exact) mass is 334 g/mol. The summed E-state index contributed by atoms with van der Waals surface area (Å²) in [5, 5.41) is 16.0. The lowest BCUT2D eigenvalue weighted by Crippen LogP contribution is -2.67. The third-order valence-electron chi connectivity index (χ3n) is 5.84. The van der Waals surface area contributed by atoms with E-state index < -0.39 is 0 Å². The van der Waals surface area contributed by atoms with Crippen LogP contribution in [0.3, 0.4) is 0 Å². The van der Waals surface area contributed by atoms with Gasteiger partial charge >= 0.3 is 5.97 Å². The molecule has 3 saturated heterocycles. The highest BCUT2D eigenvalue weighted by Crippen LogP contribution is 2.33. The Balaban J connectivity index is 1.33. The molecule has 3 heterocycles. The molecular weight excluding hydrogens is 308 g/mol. The van der Waals surface area contributed by atoms with Gasteiger partial charge < -0.3 is 10.1 Å². The van der Waals surface area contributed by atoms with Crippen LogP contribution in [0.5, 0.6) is 0 Å². The summed E-state index contributed by atoms with van der Waals surface area (Å²) < 4.78 is 5.66. The van der Waals surface area contributed by atoms with E-state index in [-0.39, 0.29) is 36.1 Å². The number of ether oxygens (including phenoxy) is 1. The molecule has 1 saturated carbocycles. The Hall–Kier alpha value is -1.24. The van der Waals surface area contributed by atoms with Gasteiger partial charge in [0.1, 0.15) is 0 Å². The minimum Gasteiger partial charge on any atom is -0.445 e. The zero-order valence-electron chi connectivity index (χ0n) is 13.8. The number of rotatable bonds is 2. The molecule has 3 aliphatic heterocycles. The lowest BCUT2D eigenvalue weighted by molar-refractivity contribution is -0.171. The third kappa shape index (κ3) is 3.15. The number of hydrazine groups is 1. The molecule has 0 bridgehead atoms. The number of nitrogens with zero attached hydrogens (tertiary/aromatic N) is 2. The number of fused-ring (bicyclic) bond motifs is 1. The van der Waals surface area contributed by atoms with Gasteiger partial charge in [-0.25, -0.2) is 10.9 Å². The molecule has 0 aromatic rings. The maximum absolute atomic E-state index is 12.3. The number of carbonyl (C=O) groups excluding carboxylic acids is 1. The second-order valence-electron chi connectivity index (χ2n) is 7.34.